The van der Waals surface area contributed by atoms with Crippen molar-refractivity contribution in [2.45, 2.75) is 26.7 Å². The van der Waals surface area contributed by atoms with Gasteiger partial charge in [-0.1, -0.05) is 6.92 Å². The lowest BCUT2D eigenvalue weighted by atomic mass is 10.1. The molecule has 1 aromatic heterocycles. The number of rotatable bonds is 4. The molecule has 0 unspecified atom stereocenters. The van der Waals surface area contributed by atoms with Crippen LogP contribution in [0.5, 0.6) is 0 Å². The van der Waals surface area contributed by atoms with Crippen molar-refractivity contribution in [1.29, 1.82) is 0 Å². The van der Waals surface area contributed by atoms with Crippen LogP contribution in [0.2, 0.25) is 0 Å². The fourth-order valence-electron chi connectivity index (χ4n) is 2.00. The third-order valence-electron chi connectivity index (χ3n) is 2.91. The molecule has 0 bridgehead atoms. The summed E-state index contributed by atoms with van der Waals surface area (Å²) >= 11 is 3.40. The molecule has 0 radical (unpaired) electrons. The molecule has 100 valence electrons. The summed E-state index contributed by atoms with van der Waals surface area (Å²) in [5.41, 5.74) is 1.64. The Hall–Kier alpha value is -1.69. The maximum atomic E-state index is 10.9. The zero-order valence-corrected chi connectivity index (χ0v) is 12.3. The first-order chi connectivity index (χ1) is 9.04. The van der Waals surface area contributed by atoms with Gasteiger partial charge >= 0.3 is 0 Å². The van der Waals surface area contributed by atoms with Gasteiger partial charge in [-0.3, -0.25) is 10.1 Å². The van der Waals surface area contributed by atoms with Gasteiger partial charge in [0.1, 0.15) is 5.82 Å². The van der Waals surface area contributed by atoms with Crippen LogP contribution in [-0.2, 0) is 6.42 Å². The highest BCUT2D eigenvalue weighted by Crippen LogP contribution is 2.30. The molecule has 0 atom stereocenters. The zero-order valence-electron chi connectivity index (χ0n) is 10.8. The quantitative estimate of drug-likeness (QED) is 0.635. The van der Waals surface area contributed by atoms with E-state index in [2.05, 4.69) is 27.8 Å². The summed E-state index contributed by atoms with van der Waals surface area (Å²) in [6.07, 6.45) is 5.49. The van der Waals surface area contributed by atoms with Crippen molar-refractivity contribution in [3.63, 3.8) is 0 Å². The molecule has 0 spiro atoms. The number of aromatic nitrogens is 2. The van der Waals surface area contributed by atoms with Crippen molar-refractivity contribution >= 4 is 21.6 Å². The normalized spacial score (nSPS) is 10.7. The van der Waals surface area contributed by atoms with Crippen molar-refractivity contribution in [3.8, 4) is 5.69 Å². The van der Waals surface area contributed by atoms with Crippen LogP contribution in [0.1, 0.15) is 24.7 Å². The lowest BCUT2D eigenvalue weighted by Gasteiger charge is -2.10. The molecule has 2 aromatic rings. The van der Waals surface area contributed by atoms with E-state index in [1.807, 2.05) is 16.8 Å². The van der Waals surface area contributed by atoms with Gasteiger partial charge < -0.3 is 4.57 Å². The van der Waals surface area contributed by atoms with E-state index in [0.717, 1.165) is 24.4 Å². The summed E-state index contributed by atoms with van der Waals surface area (Å²) in [4.78, 5) is 14.9. The molecule has 1 aromatic carbocycles. The van der Waals surface area contributed by atoms with Gasteiger partial charge in [0.05, 0.1) is 10.6 Å². The molecule has 0 fully saturated rings. The van der Waals surface area contributed by atoms with E-state index in [9.17, 15) is 10.1 Å². The van der Waals surface area contributed by atoms with Crippen LogP contribution >= 0.6 is 15.9 Å². The van der Waals surface area contributed by atoms with Crippen molar-refractivity contribution in [2.75, 3.05) is 0 Å². The van der Waals surface area contributed by atoms with Crippen LogP contribution in [0, 0.1) is 17.0 Å². The van der Waals surface area contributed by atoms with E-state index < -0.39 is 0 Å². The van der Waals surface area contributed by atoms with E-state index >= 15 is 0 Å². The van der Waals surface area contributed by atoms with E-state index in [1.165, 1.54) is 0 Å². The Morgan fingerprint density at radius 1 is 1.47 bits per heavy atom. The Bertz CT molecular complexity index is 622. The van der Waals surface area contributed by atoms with Crippen LogP contribution in [0.4, 0.5) is 5.69 Å². The lowest BCUT2D eigenvalue weighted by molar-refractivity contribution is -0.385. The van der Waals surface area contributed by atoms with Gasteiger partial charge in [-0.05, 0) is 35.3 Å². The number of nitrogens with zero attached hydrogens (tertiary/aromatic N) is 3. The van der Waals surface area contributed by atoms with Crippen molar-refractivity contribution < 1.29 is 4.92 Å². The van der Waals surface area contributed by atoms with E-state index in [4.69, 9.17) is 0 Å². The highest BCUT2D eigenvalue weighted by Gasteiger charge is 2.16. The predicted octanol–water partition coefficient (Wildman–Crippen LogP) is 3.80. The molecule has 0 aliphatic heterocycles. The summed E-state index contributed by atoms with van der Waals surface area (Å²) < 4.78 is 2.66. The maximum Gasteiger partial charge on any atom is 0.273 e. The standard InChI is InChI=1S/C13H14BrN3O2/c1-3-4-13-15-5-6-16(13)12-7-9(2)11(17(18)19)8-10(12)14/h5-8H,3-4H2,1-2H3. The number of nitro benzene ring substituents is 1. The third-order valence-corrected chi connectivity index (χ3v) is 3.55. The molecule has 0 saturated carbocycles. The second kappa shape index (κ2) is 5.52. The van der Waals surface area contributed by atoms with E-state index in [-0.39, 0.29) is 10.6 Å². The zero-order chi connectivity index (χ0) is 14.0. The fourth-order valence-corrected chi connectivity index (χ4v) is 2.52. The average molecular weight is 324 g/mol. The highest BCUT2D eigenvalue weighted by molar-refractivity contribution is 9.10. The van der Waals surface area contributed by atoms with Crippen molar-refractivity contribution in [3.05, 3.63) is 50.5 Å². The summed E-state index contributed by atoms with van der Waals surface area (Å²) in [5.74, 6) is 0.955. The summed E-state index contributed by atoms with van der Waals surface area (Å²) in [7, 11) is 0. The molecule has 0 aliphatic rings. The number of halogens is 1. The molecule has 0 saturated heterocycles. The number of benzene rings is 1. The Labute approximate surface area is 119 Å². The Morgan fingerprint density at radius 2 is 2.21 bits per heavy atom. The van der Waals surface area contributed by atoms with Crippen LogP contribution in [0.15, 0.2) is 29.0 Å². The number of imidazole rings is 1. The summed E-state index contributed by atoms with van der Waals surface area (Å²) in [5, 5.41) is 10.9. The third kappa shape index (κ3) is 2.68. The monoisotopic (exact) mass is 323 g/mol. The molecular formula is C13H14BrN3O2. The molecule has 0 N–H and O–H groups in total. The molecule has 2 rings (SSSR count). The first kappa shape index (κ1) is 13.7. The lowest BCUT2D eigenvalue weighted by Crippen LogP contribution is -2.03. The van der Waals surface area contributed by atoms with Crippen LogP contribution < -0.4 is 0 Å². The molecule has 5 nitrogen and oxygen atoms in total. The number of hydrogen-bond acceptors (Lipinski definition) is 3. The first-order valence-electron chi connectivity index (χ1n) is 6.01. The van der Waals surface area contributed by atoms with Gasteiger partial charge in [-0.25, -0.2) is 4.98 Å². The van der Waals surface area contributed by atoms with E-state index in [1.54, 1.807) is 19.2 Å². The van der Waals surface area contributed by atoms with Gasteiger partial charge in [-0.2, -0.15) is 0 Å². The summed E-state index contributed by atoms with van der Waals surface area (Å²) in [6, 6.07) is 3.35. The van der Waals surface area contributed by atoms with Gasteiger partial charge in [-0.15, -0.1) is 0 Å². The predicted molar refractivity (Wildman–Crippen MR) is 76.7 cm³/mol. The van der Waals surface area contributed by atoms with Crippen LogP contribution in [-0.4, -0.2) is 14.5 Å². The van der Waals surface area contributed by atoms with E-state index in [0.29, 0.717) is 10.0 Å². The Morgan fingerprint density at radius 3 is 2.84 bits per heavy atom. The molecule has 0 aliphatic carbocycles. The van der Waals surface area contributed by atoms with Gasteiger partial charge in [0, 0.05) is 34.9 Å². The van der Waals surface area contributed by atoms with Gasteiger partial charge in [0.15, 0.2) is 0 Å². The number of aryl methyl sites for hydroxylation is 2. The first-order valence-corrected chi connectivity index (χ1v) is 6.81. The minimum absolute atomic E-state index is 0.118. The second-order valence-corrected chi connectivity index (χ2v) is 5.17. The second-order valence-electron chi connectivity index (χ2n) is 4.31. The largest absolute Gasteiger partial charge is 0.303 e. The van der Waals surface area contributed by atoms with Gasteiger partial charge in [0.2, 0.25) is 0 Å². The molecule has 6 heteroatoms. The molecule has 19 heavy (non-hydrogen) atoms. The Kier molecular flexibility index (Phi) is 3.99. The van der Waals surface area contributed by atoms with Crippen molar-refractivity contribution in [2.24, 2.45) is 0 Å². The maximum absolute atomic E-state index is 10.9. The fraction of sp³-hybridized carbons (Fsp3) is 0.308. The molecule has 1 heterocycles. The van der Waals surface area contributed by atoms with Crippen LogP contribution in [0.25, 0.3) is 5.69 Å². The average Bonchev–Trinajstić information content (AvgIpc) is 2.80. The van der Waals surface area contributed by atoms with Gasteiger partial charge in [0.25, 0.3) is 5.69 Å². The number of nitro groups is 1. The molecule has 0 amide bonds. The smallest absolute Gasteiger partial charge is 0.273 e. The highest BCUT2D eigenvalue weighted by atomic mass is 79.9. The topological polar surface area (TPSA) is 61.0 Å². The minimum Gasteiger partial charge on any atom is -0.303 e. The minimum atomic E-state index is -0.370. The Balaban J connectivity index is 2.54. The summed E-state index contributed by atoms with van der Waals surface area (Å²) in [6.45, 7) is 3.83. The van der Waals surface area contributed by atoms with Crippen molar-refractivity contribution in [1.82, 2.24) is 9.55 Å². The molecular weight excluding hydrogens is 310 g/mol. The van der Waals surface area contributed by atoms with Crippen LogP contribution in [0.3, 0.4) is 0 Å². The number of hydrogen-bond donors (Lipinski definition) is 0. The SMILES string of the molecule is CCCc1nccn1-c1cc(C)c([N+](=O)[O-])cc1Br.